The zero-order valence-corrected chi connectivity index (χ0v) is 15.1. The molecule has 0 aromatic heterocycles. The van der Waals surface area contributed by atoms with Gasteiger partial charge in [-0.15, -0.1) is 0 Å². The minimum Gasteiger partial charge on any atom is -0.374 e. The van der Waals surface area contributed by atoms with E-state index in [-0.39, 0.29) is 6.10 Å². The number of epoxide rings is 1. The smallest absolute Gasteiger partial charge is 0.374 e. The molecule has 0 N–H and O–H groups in total. The average Bonchev–Trinajstić information content (AvgIpc) is 3.24. The van der Waals surface area contributed by atoms with Crippen molar-refractivity contribution in [1.82, 2.24) is 0 Å². The molecule has 0 aromatic carbocycles. The predicted octanol–water partition coefficient (Wildman–Crippen LogP) is 3.77. The molecule has 1 aliphatic carbocycles. The monoisotopic (exact) mass is 316 g/mol. The van der Waals surface area contributed by atoms with Gasteiger partial charge in [0.15, 0.2) is 0 Å². The highest BCUT2D eigenvalue weighted by Gasteiger charge is 2.48. The SMILES string of the molecule is CCCC[Si](OCC)(OCC)OC(C)C1CCC2OC2C1. The van der Waals surface area contributed by atoms with Gasteiger partial charge in [0.05, 0.1) is 12.2 Å². The first-order valence-electron chi connectivity index (χ1n) is 8.75. The fourth-order valence-electron chi connectivity index (χ4n) is 3.39. The molecule has 1 saturated carbocycles. The summed E-state index contributed by atoms with van der Waals surface area (Å²) >= 11 is 0. The Balaban J connectivity index is 1.93. The second kappa shape index (κ2) is 8.06. The van der Waals surface area contributed by atoms with E-state index in [1.165, 1.54) is 12.8 Å². The molecule has 4 nitrogen and oxygen atoms in total. The molecule has 21 heavy (non-hydrogen) atoms. The van der Waals surface area contributed by atoms with E-state index in [4.69, 9.17) is 18.0 Å². The van der Waals surface area contributed by atoms with Crippen LogP contribution in [-0.4, -0.2) is 40.3 Å². The topological polar surface area (TPSA) is 40.2 Å². The number of unbranched alkanes of at least 4 members (excludes halogenated alkanes) is 1. The van der Waals surface area contributed by atoms with Crippen molar-refractivity contribution in [2.45, 2.75) is 84.2 Å². The van der Waals surface area contributed by atoms with Gasteiger partial charge in [-0.3, -0.25) is 0 Å². The fourth-order valence-corrected chi connectivity index (χ4v) is 6.44. The minimum absolute atomic E-state index is 0.205. The van der Waals surface area contributed by atoms with Crippen LogP contribution in [0.3, 0.4) is 0 Å². The second-order valence-corrected chi connectivity index (χ2v) is 8.94. The average molecular weight is 317 g/mol. The van der Waals surface area contributed by atoms with Crippen molar-refractivity contribution in [1.29, 1.82) is 0 Å². The lowest BCUT2D eigenvalue weighted by Crippen LogP contribution is -2.49. The maximum Gasteiger partial charge on any atom is 0.501 e. The van der Waals surface area contributed by atoms with Gasteiger partial charge in [-0.25, -0.2) is 0 Å². The summed E-state index contributed by atoms with van der Waals surface area (Å²) in [7, 11) is -2.51. The van der Waals surface area contributed by atoms with Crippen LogP contribution >= 0.6 is 0 Å². The number of hydrogen-bond acceptors (Lipinski definition) is 4. The summed E-state index contributed by atoms with van der Waals surface area (Å²) in [6, 6.07) is 0.935. The Hall–Kier alpha value is 0.0569. The van der Waals surface area contributed by atoms with Crippen LogP contribution in [0.25, 0.3) is 0 Å². The second-order valence-electron chi connectivity index (χ2n) is 6.26. The summed E-state index contributed by atoms with van der Waals surface area (Å²) in [5.74, 6) is 0.586. The largest absolute Gasteiger partial charge is 0.501 e. The highest BCUT2D eigenvalue weighted by Crippen LogP contribution is 2.41. The van der Waals surface area contributed by atoms with Gasteiger partial charge >= 0.3 is 8.80 Å². The Kier molecular flexibility index (Phi) is 6.68. The zero-order chi connectivity index (χ0) is 15.3. The van der Waals surface area contributed by atoms with Gasteiger partial charge in [0.1, 0.15) is 0 Å². The summed E-state index contributed by atoms with van der Waals surface area (Å²) in [6.07, 6.45) is 7.05. The van der Waals surface area contributed by atoms with Gasteiger partial charge in [0.25, 0.3) is 0 Å². The first-order chi connectivity index (χ1) is 10.1. The number of fused-ring (bicyclic) bond motifs is 1. The van der Waals surface area contributed by atoms with Crippen LogP contribution in [0.2, 0.25) is 6.04 Å². The molecule has 1 heterocycles. The van der Waals surface area contributed by atoms with Crippen molar-refractivity contribution in [3.63, 3.8) is 0 Å². The number of hydrogen-bond donors (Lipinski definition) is 0. The molecular weight excluding hydrogens is 284 g/mol. The lowest BCUT2D eigenvalue weighted by Gasteiger charge is -2.35. The summed E-state index contributed by atoms with van der Waals surface area (Å²) in [5.41, 5.74) is 0. The summed E-state index contributed by atoms with van der Waals surface area (Å²) in [5, 5.41) is 0. The van der Waals surface area contributed by atoms with Gasteiger partial charge in [-0.2, -0.15) is 0 Å². The summed E-state index contributed by atoms with van der Waals surface area (Å²) in [6.45, 7) is 9.79. The zero-order valence-electron chi connectivity index (χ0n) is 14.1. The van der Waals surface area contributed by atoms with Crippen LogP contribution < -0.4 is 0 Å². The van der Waals surface area contributed by atoms with Crippen LogP contribution in [0, 0.1) is 5.92 Å². The van der Waals surface area contributed by atoms with E-state index in [1.54, 1.807) is 0 Å². The Bertz CT molecular complexity index is 307. The van der Waals surface area contributed by atoms with Crippen LogP contribution in [0.4, 0.5) is 0 Å². The van der Waals surface area contributed by atoms with Crippen molar-refractivity contribution < 1.29 is 18.0 Å². The van der Waals surface area contributed by atoms with Crippen LogP contribution in [0.5, 0.6) is 0 Å². The molecule has 2 aliphatic rings. The molecule has 0 aromatic rings. The molecule has 124 valence electrons. The lowest BCUT2D eigenvalue weighted by molar-refractivity contribution is 0.0104. The molecule has 0 bridgehead atoms. The van der Waals surface area contributed by atoms with Crippen molar-refractivity contribution in [3.05, 3.63) is 0 Å². The number of ether oxygens (including phenoxy) is 1. The fraction of sp³-hybridized carbons (Fsp3) is 1.00. The van der Waals surface area contributed by atoms with Crippen LogP contribution in [-0.2, 0) is 18.0 Å². The molecular formula is C16H32O4Si. The normalized spacial score (nSPS) is 30.0. The van der Waals surface area contributed by atoms with Crippen LogP contribution in [0.15, 0.2) is 0 Å². The molecule has 5 heteroatoms. The summed E-state index contributed by atoms with van der Waals surface area (Å²) < 4.78 is 24.2. The Labute approximate surface area is 130 Å². The van der Waals surface area contributed by atoms with Gasteiger partial charge in [0.2, 0.25) is 0 Å². The first-order valence-corrected chi connectivity index (χ1v) is 10.7. The van der Waals surface area contributed by atoms with E-state index in [0.29, 0.717) is 31.3 Å². The third-order valence-electron chi connectivity index (χ3n) is 4.64. The van der Waals surface area contributed by atoms with Gasteiger partial charge in [-0.05, 0) is 52.4 Å². The standard InChI is InChI=1S/C16H32O4Si/c1-5-8-11-21(17-6-2,18-7-3)20-13(4)14-9-10-15-16(12-14)19-15/h13-16H,5-12H2,1-4H3. The van der Waals surface area contributed by atoms with Gasteiger partial charge < -0.3 is 18.0 Å². The Morgan fingerprint density at radius 2 is 1.81 bits per heavy atom. The maximum absolute atomic E-state index is 6.47. The molecule has 0 radical (unpaired) electrons. The van der Waals surface area contributed by atoms with Crippen molar-refractivity contribution in [3.8, 4) is 0 Å². The quantitative estimate of drug-likeness (QED) is 0.454. The molecule has 0 spiro atoms. The first kappa shape index (κ1) is 17.4. The van der Waals surface area contributed by atoms with Crippen molar-refractivity contribution >= 4 is 8.80 Å². The van der Waals surface area contributed by atoms with E-state index in [2.05, 4.69) is 13.8 Å². The molecule has 2 rings (SSSR count). The van der Waals surface area contributed by atoms with Crippen LogP contribution in [0.1, 0.15) is 59.8 Å². The highest BCUT2D eigenvalue weighted by molar-refractivity contribution is 6.60. The highest BCUT2D eigenvalue weighted by atomic mass is 28.4. The van der Waals surface area contributed by atoms with Gasteiger partial charge in [0, 0.05) is 25.4 Å². The van der Waals surface area contributed by atoms with E-state index in [1.807, 2.05) is 13.8 Å². The van der Waals surface area contributed by atoms with E-state index >= 15 is 0 Å². The summed E-state index contributed by atoms with van der Waals surface area (Å²) in [4.78, 5) is 0. The minimum atomic E-state index is -2.51. The van der Waals surface area contributed by atoms with E-state index in [9.17, 15) is 0 Å². The molecule has 0 amide bonds. The molecule has 4 atom stereocenters. The van der Waals surface area contributed by atoms with Crippen molar-refractivity contribution in [2.24, 2.45) is 5.92 Å². The molecule has 4 unspecified atom stereocenters. The lowest BCUT2D eigenvalue weighted by atomic mass is 9.86. The Morgan fingerprint density at radius 1 is 1.10 bits per heavy atom. The third-order valence-corrected chi connectivity index (χ3v) is 7.79. The maximum atomic E-state index is 6.47. The van der Waals surface area contributed by atoms with E-state index in [0.717, 1.165) is 25.3 Å². The predicted molar refractivity (Wildman–Crippen MR) is 85.3 cm³/mol. The molecule has 1 saturated heterocycles. The molecule has 1 aliphatic heterocycles. The van der Waals surface area contributed by atoms with Crippen molar-refractivity contribution in [2.75, 3.05) is 13.2 Å². The van der Waals surface area contributed by atoms with E-state index < -0.39 is 8.80 Å². The number of rotatable bonds is 10. The Morgan fingerprint density at radius 3 is 2.38 bits per heavy atom. The molecule has 2 fully saturated rings. The third kappa shape index (κ3) is 4.76. The van der Waals surface area contributed by atoms with Gasteiger partial charge in [-0.1, -0.05) is 13.3 Å².